The van der Waals surface area contributed by atoms with Crippen LogP contribution in [0.5, 0.6) is 0 Å². The standard InChI is InChI=1S/C10H20N2/c1-7(2)10-5-4-9(12-11)6-8(10)3/h7-8,10H,4-6,11H2,1-3H3/b12-9+. The lowest BCUT2D eigenvalue weighted by Gasteiger charge is -2.32. The third-order valence-corrected chi connectivity index (χ3v) is 3.09. The molecule has 2 nitrogen and oxygen atoms in total. The zero-order chi connectivity index (χ0) is 9.14. The molecule has 1 fully saturated rings. The van der Waals surface area contributed by atoms with E-state index >= 15 is 0 Å². The number of rotatable bonds is 1. The molecule has 0 heterocycles. The van der Waals surface area contributed by atoms with Crippen molar-refractivity contribution in [3.05, 3.63) is 0 Å². The fraction of sp³-hybridized carbons (Fsp3) is 0.900. The van der Waals surface area contributed by atoms with E-state index in [1.807, 2.05) is 0 Å². The van der Waals surface area contributed by atoms with Crippen molar-refractivity contribution in [2.75, 3.05) is 0 Å². The van der Waals surface area contributed by atoms with E-state index in [0.29, 0.717) is 0 Å². The van der Waals surface area contributed by atoms with Gasteiger partial charge < -0.3 is 5.84 Å². The van der Waals surface area contributed by atoms with Gasteiger partial charge in [0.2, 0.25) is 0 Å². The van der Waals surface area contributed by atoms with Gasteiger partial charge in [-0.15, -0.1) is 0 Å². The molecule has 0 bridgehead atoms. The van der Waals surface area contributed by atoms with Gasteiger partial charge in [-0.1, -0.05) is 20.8 Å². The third kappa shape index (κ3) is 1.99. The Balaban J connectivity index is 2.53. The van der Waals surface area contributed by atoms with E-state index in [0.717, 1.165) is 30.6 Å². The first-order valence-electron chi connectivity index (χ1n) is 4.90. The molecule has 2 unspecified atom stereocenters. The van der Waals surface area contributed by atoms with Gasteiger partial charge in [0.05, 0.1) is 0 Å². The molecule has 1 aliphatic rings. The second-order valence-electron chi connectivity index (χ2n) is 4.32. The first-order chi connectivity index (χ1) is 5.65. The Morgan fingerprint density at radius 1 is 1.50 bits per heavy atom. The highest BCUT2D eigenvalue weighted by atomic mass is 15.1. The molecule has 2 heteroatoms. The number of hydrogen-bond donors (Lipinski definition) is 1. The summed E-state index contributed by atoms with van der Waals surface area (Å²) in [5, 5.41) is 3.81. The van der Waals surface area contributed by atoms with Gasteiger partial charge in [-0.05, 0) is 37.0 Å². The zero-order valence-corrected chi connectivity index (χ0v) is 8.38. The monoisotopic (exact) mass is 168 g/mol. The Morgan fingerprint density at radius 3 is 2.58 bits per heavy atom. The molecule has 0 aliphatic heterocycles. The van der Waals surface area contributed by atoms with Crippen LogP contribution < -0.4 is 5.84 Å². The topological polar surface area (TPSA) is 38.4 Å². The van der Waals surface area contributed by atoms with E-state index in [2.05, 4.69) is 25.9 Å². The molecule has 2 N–H and O–H groups in total. The van der Waals surface area contributed by atoms with Crippen molar-refractivity contribution in [1.29, 1.82) is 0 Å². The molecule has 12 heavy (non-hydrogen) atoms. The second kappa shape index (κ2) is 3.92. The van der Waals surface area contributed by atoms with Crippen LogP contribution in [0.3, 0.4) is 0 Å². The first kappa shape index (κ1) is 9.56. The Morgan fingerprint density at radius 2 is 2.17 bits per heavy atom. The Kier molecular flexibility index (Phi) is 3.12. The Bertz CT molecular complexity index is 173. The molecule has 0 aromatic heterocycles. The van der Waals surface area contributed by atoms with Crippen LogP contribution in [0.15, 0.2) is 5.10 Å². The summed E-state index contributed by atoms with van der Waals surface area (Å²) in [7, 11) is 0. The summed E-state index contributed by atoms with van der Waals surface area (Å²) in [6.45, 7) is 6.94. The van der Waals surface area contributed by atoms with Crippen LogP contribution in [0.25, 0.3) is 0 Å². The SMILES string of the molecule is CC(C)C1CC/C(=N\N)CC1C. The zero-order valence-electron chi connectivity index (χ0n) is 8.38. The number of hydrogen-bond acceptors (Lipinski definition) is 2. The summed E-state index contributed by atoms with van der Waals surface area (Å²) >= 11 is 0. The lowest BCUT2D eigenvalue weighted by Crippen LogP contribution is -2.27. The summed E-state index contributed by atoms with van der Waals surface area (Å²) in [6, 6.07) is 0. The predicted octanol–water partition coefficient (Wildman–Crippen LogP) is 2.39. The van der Waals surface area contributed by atoms with E-state index in [1.54, 1.807) is 0 Å². The van der Waals surface area contributed by atoms with Crippen LogP contribution in [0, 0.1) is 17.8 Å². The highest BCUT2D eigenvalue weighted by molar-refractivity contribution is 5.85. The van der Waals surface area contributed by atoms with Crippen LogP contribution in [0.2, 0.25) is 0 Å². The van der Waals surface area contributed by atoms with Crippen LogP contribution in [0.1, 0.15) is 40.0 Å². The summed E-state index contributed by atoms with van der Waals surface area (Å²) in [4.78, 5) is 0. The average Bonchev–Trinajstić information content (AvgIpc) is 2.03. The van der Waals surface area contributed by atoms with E-state index < -0.39 is 0 Å². The van der Waals surface area contributed by atoms with E-state index in [1.165, 1.54) is 12.1 Å². The van der Waals surface area contributed by atoms with Gasteiger partial charge in [0.15, 0.2) is 0 Å². The lowest BCUT2D eigenvalue weighted by atomic mass is 9.74. The molecule has 1 aliphatic carbocycles. The molecule has 0 amide bonds. The maximum atomic E-state index is 5.27. The maximum absolute atomic E-state index is 5.27. The third-order valence-electron chi connectivity index (χ3n) is 3.09. The molecule has 70 valence electrons. The van der Waals surface area contributed by atoms with Crippen molar-refractivity contribution in [3.63, 3.8) is 0 Å². The summed E-state index contributed by atoms with van der Waals surface area (Å²) in [5.41, 5.74) is 1.21. The van der Waals surface area contributed by atoms with Crippen molar-refractivity contribution >= 4 is 5.71 Å². The summed E-state index contributed by atoms with van der Waals surface area (Å²) < 4.78 is 0. The van der Waals surface area contributed by atoms with Gasteiger partial charge in [0.1, 0.15) is 0 Å². The number of hydrazone groups is 1. The van der Waals surface area contributed by atoms with Crippen LogP contribution in [0.4, 0.5) is 0 Å². The second-order valence-corrected chi connectivity index (χ2v) is 4.32. The highest BCUT2D eigenvalue weighted by Crippen LogP contribution is 2.33. The summed E-state index contributed by atoms with van der Waals surface area (Å²) in [6.07, 6.45) is 3.50. The van der Waals surface area contributed by atoms with Gasteiger partial charge in [0.25, 0.3) is 0 Å². The highest BCUT2D eigenvalue weighted by Gasteiger charge is 2.26. The first-order valence-corrected chi connectivity index (χ1v) is 4.90. The quantitative estimate of drug-likeness (QED) is 0.474. The molecular weight excluding hydrogens is 148 g/mol. The van der Waals surface area contributed by atoms with E-state index in [4.69, 9.17) is 5.84 Å². The molecule has 0 aromatic carbocycles. The molecule has 1 rings (SSSR count). The van der Waals surface area contributed by atoms with Crippen molar-refractivity contribution in [2.45, 2.75) is 40.0 Å². The fourth-order valence-electron chi connectivity index (χ4n) is 2.35. The predicted molar refractivity (Wildman–Crippen MR) is 53.0 cm³/mol. The van der Waals surface area contributed by atoms with Crippen molar-refractivity contribution in [1.82, 2.24) is 0 Å². The number of nitrogens with two attached hydrogens (primary N) is 1. The van der Waals surface area contributed by atoms with Crippen molar-refractivity contribution in [3.8, 4) is 0 Å². The molecule has 0 aromatic rings. The van der Waals surface area contributed by atoms with Gasteiger partial charge in [-0.3, -0.25) is 0 Å². The number of nitrogens with zero attached hydrogens (tertiary/aromatic N) is 1. The van der Waals surface area contributed by atoms with E-state index in [9.17, 15) is 0 Å². The van der Waals surface area contributed by atoms with Crippen molar-refractivity contribution in [2.24, 2.45) is 28.7 Å². The maximum Gasteiger partial charge on any atom is 0.0378 e. The fourth-order valence-corrected chi connectivity index (χ4v) is 2.35. The minimum atomic E-state index is 0.765. The molecular formula is C10H20N2. The van der Waals surface area contributed by atoms with Gasteiger partial charge in [-0.2, -0.15) is 5.10 Å². The Labute approximate surface area is 75.2 Å². The largest absolute Gasteiger partial charge is 0.323 e. The van der Waals surface area contributed by atoms with Crippen molar-refractivity contribution < 1.29 is 0 Å². The van der Waals surface area contributed by atoms with Gasteiger partial charge >= 0.3 is 0 Å². The molecule has 0 saturated heterocycles. The molecule has 2 atom stereocenters. The summed E-state index contributed by atoms with van der Waals surface area (Å²) in [5.74, 6) is 7.72. The molecule has 1 saturated carbocycles. The van der Waals surface area contributed by atoms with Crippen LogP contribution >= 0.6 is 0 Å². The minimum Gasteiger partial charge on any atom is -0.323 e. The Hall–Kier alpha value is -0.530. The molecule has 0 spiro atoms. The van der Waals surface area contributed by atoms with Gasteiger partial charge in [0, 0.05) is 5.71 Å². The average molecular weight is 168 g/mol. The minimum absolute atomic E-state index is 0.765. The van der Waals surface area contributed by atoms with Crippen LogP contribution in [-0.2, 0) is 0 Å². The van der Waals surface area contributed by atoms with E-state index in [-0.39, 0.29) is 0 Å². The molecule has 0 radical (unpaired) electrons. The van der Waals surface area contributed by atoms with Crippen LogP contribution in [-0.4, -0.2) is 5.71 Å². The van der Waals surface area contributed by atoms with Gasteiger partial charge in [-0.25, -0.2) is 0 Å². The normalized spacial score (nSPS) is 34.5. The lowest BCUT2D eigenvalue weighted by molar-refractivity contribution is 0.246. The smallest absolute Gasteiger partial charge is 0.0378 e.